The number of hydrogen-bond donors (Lipinski definition) is 2. The van der Waals surface area contributed by atoms with Crippen molar-refractivity contribution in [3.63, 3.8) is 0 Å². The van der Waals surface area contributed by atoms with Crippen molar-refractivity contribution in [2.45, 2.75) is 23.3 Å². The van der Waals surface area contributed by atoms with Gasteiger partial charge in [0, 0.05) is 12.0 Å². The van der Waals surface area contributed by atoms with Crippen molar-refractivity contribution in [2.75, 3.05) is 0 Å². The molecule has 22 heteroatoms. The summed E-state index contributed by atoms with van der Waals surface area (Å²) in [5.41, 5.74) is 0. The van der Waals surface area contributed by atoms with Gasteiger partial charge in [-0.05, 0) is 0 Å². The lowest BCUT2D eigenvalue weighted by Crippen LogP contribution is -2.39. The molecule has 2 saturated heterocycles. The molecule has 0 aromatic heterocycles. The molecule has 34 heavy (non-hydrogen) atoms. The van der Waals surface area contributed by atoms with Gasteiger partial charge in [-0.2, -0.15) is 8.42 Å². The van der Waals surface area contributed by atoms with Gasteiger partial charge in [0.15, 0.2) is 5.25 Å². The summed E-state index contributed by atoms with van der Waals surface area (Å²) in [6.45, 7) is 0. The van der Waals surface area contributed by atoms with Crippen LogP contribution in [0, 0.1) is 0 Å². The number of hydroxylamine groups is 4. The molecule has 2 N–H and O–H groups in total. The summed E-state index contributed by atoms with van der Waals surface area (Å²) in [5, 5.41) is 6.94. The second kappa shape index (κ2) is 10.5. The maximum Gasteiger partial charge on any atom is 0.465 e. The van der Waals surface area contributed by atoms with Crippen molar-refractivity contribution in [1.82, 2.24) is 10.1 Å². The Labute approximate surface area is 189 Å². The van der Waals surface area contributed by atoms with Crippen LogP contribution in [0.25, 0.3) is 0 Å². The van der Waals surface area contributed by atoms with E-state index in [0.717, 1.165) is 0 Å². The predicted molar refractivity (Wildman–Crippen MR) is 88.8 cm³/mol. The number of imide groups is 2. The van der Waals surface area contributed by atoms with E-state index < -0.39 is 86.0 Å². The fourth-order valence-corrected chi connectivity index (χ4v) is 3.34. The highest BCUT2D eigenvalue weighted by molar-refractivity contribution is 7.96. The Bertz CT molecular complexity index is 1070. The molecular formula is C12H8N2O18S2. The monoisotopic (exact) mass is 532 g/mol. The van der Waals surface area contributed by atoms with Gasteiger partial charge in [-0.1, -0.05) is 5.04 Å². The van der Waals surface area contributed by atoms with E-state index >= 15 is 0 Å². The average Bonchev–Trinajstić information content (AvgIpc) is 3.19. The van der Waals surface area contributed by atoms with Crippen LogP contribution in [0.2, 0.25) is 0 Å². The van der Waals surface area contributed by atoms with E-state index in [0.29, 0.717) is 0 Å². The minimum absolute atomic E-state index is 0.155. The van der Waals surface area contributed by atoms with Crippen molar-refractivity contribution in [3.8, 4) is 0 Å². The number of carbonyl (C=O) groups excluding carboxylic acids is 8. The Morgan fingerprint density at radius 1 is 0.824 bits per heavy atom. The minimum atomic E-state index is -5.05. The fourth-order valence-electron chi connectivity index (χ4n) is 2.11. The summed E-state index contributed by atoms with van der Waals surface area (Å²) in [7, 11) is -5.05. The molecule has 2 aliphatic heterocycles. The zero-order valence-corrected chi connectivity index (χ0v) is 17.3. The third-order valence-corrected chi connectivity index (χ3v) is 5.37. The molecule has 20 nitrogen and oxygen atoms in total. The van der Waals surface area contributed by atoms with Crippen LogP contribution in [-0.4, -0.2) is 86.4 Å². The Morgan fingerprint density at radius 2 is 1.29 bits per heavy atom. The van der Waals surface area contributed by atoms with E-state index in [1.54, 1.807) is 0 Å². The Kier molecular flexibility index (Phi) is 8.19. The third kappa shape index (κ3) is 6.00. The normalized spacial score (nSPS) is 20.4. The van der Waals surface area contributed by atoms with Gasteiger partial charge in [0.2, 0.25) is 0 Å². The molecule has 2 fully saturated rings. The Balaban J connectivity index is 1.86. The molecule has 0 radical (unpaired) electrons. The second-order valence-corrected chi connectivity index (χ2v) is 8.19. The van der Waals surface area contributed by atoms with Gasteiger partial charge in [-0.15, -0.1) is 14.5 Å². The van der Waals surface area contributed by atoms with Crippen molar-refractivity contribution in [3.05, 3.63) is 0 Å². The van der Waals surface area contributed by atoms with Crippen molar-refractivity contribution < 1.29 is 85.4 Å². The summed E-state index contributed by atoms with van der Waals surface area (Å²) >= 11 is 0.155. The lowest BCUT2D eigenvalue weighted by atomic mass is 10.4. The highest BCUT2D eigenvalue weighted by Crippen LogP contribution is 2.26. The van der Waals surface area contributed by atoms with Crippen LogP contribution in [-0.2, 0) is 77.3 Å². The van der Waals surface area contributed by atoms with Crippen LogP contribution < -0.4 is 0 Å². The second-order valence-electron chi connectivity index (χ2n) is 5.69. The number of rotatable bonds is 6. The van der Waals surface area contributed by atoms with Gasteiger partial charge in [-0.3, -0.25) is 23.7 Å². The van der Waals surface area contributed by atoms with E-state index in [1.807, 2.05) is 0 Å². The van der Waals surface area contributed by atoms with Gasteiger partial charge in [0.1, 0.15) is 5.25 Å². The highest BCUT2D eigenvalue weighted by Gasteiger charge is 2.49. The zero-order chi connectivity index (χ0) is 25.8. The van der Waals surface area contributed by atoms with Gasteiger partial charge in [0.05, 0.1) is 12.8 Å². The molecule has 4 amide bonds. The minimum Gasteiger partial charge on any atom is -0.319 e. The van der Waals surface area contributed by atoms with Crippen LogP contribution in [0.3, 0.4) is 0 Å². The molecular weight excluding hydrogens is 524 g/mol. The number of nitrogens with zero attached hydrogens (tertiary/aromatic N) is 2. The zero-order valence-electron chi connectivity index (χ0n) is 15.7. The molecule has 0 aliphatic carbocycles. The molecule has 2 heterocycles. The van der Waals surface area contributed by atoms with E-state index in [-0.39, 0.29) is 17.1 Å². The summed E-state index contributed by atoms with van der Waals surface area (Å²) in [4.78, 5) is 108. The van der Waals surface area contributed by atoms with Crippen molar-refractivity contribution in [1.29, 1.82) is 0 Å². The average molecular weight is 532 g/mol. The van der Waals surface area contributed by atoms with E-state index in [1.165, 1.54) is 0 Å². The molecule has 0 aromatic rings. The smallest absolute Gasteiger partial charge is 0.319 e. The predicted octanol–water partition coefficient (Wildman–Crippen LogP) is -3.88. The Morgan fingerprint density at radius 3 is 1.74 bits per heavy atom. The molecule has 2 unspecified atom stereocenters. The van der Waals surface area contributed by atoms with Crippen molar-refractivity contribution in [2.24, 2.45) is 0 Å². The van der Waals surface area contributed by atoms with Gasteiger partial charge in [0.25, 0.3) is 33.7 Å². The standard InChI is InChI=1S/C12H8N2O18S2/c15-5-1-3(33-32-31-23)7(17)13(5)27-9(19)11(21)29-30-12(22)10(20)28-14-6(16)2-4(8(14)18)34(24,25)26/h3-4,23H,1-2H2,(H,24,25,26). The molecule has 2 aliphatic rings. The number of carbonyl (C=O) groups is 8. The summed E-state index contributed by atoms with van der Waals surface area (Å²) < 4.78 is 34.7. The van der Waals surface area contributed by atoms with Gasteiger partial charge >= 0.3 is 23.9 Å². The molecule has 0 saturated carbocycles. The maximum atomic E-state index is 11.8. The van der Waals surface area contributed by atoms with Crippen LogP contribution >= 0.6 is 12.0 Å². The largest absolute Gasteiger partial charge is 0.465 e. The first-order valence-electron chi connectivity index (χ1n) is 7.98. The van der Waals surface area contributed by atoms with Crippen LogP contribution in [0.4, 0.5) is 0 Å². The first kappa shape index (κ1) is 26.6. The first-order valence-corrected chi connectivity index (χ1v) is 10.3. The molecule has 0 spiro atoms. The summed E-state index contributed by atoms with van der Waals surface area (Å²) in [5.74, 6) is -14.3. The lowest BCUT2D eigenvalue weighted by Gasteiger charge is -2.13. The molecule has 2 rings (SSSR count). The molecule has 0 aromatic carbocycles. The number of amides is 4. The fraction of sp³-hybridized carbons (Fsp3) is 0.333. The van der Waals surface area contributed by atoms with Crippen LogP contribution in [0.15, 0.2) is 0 Å². The number of hydrogen-bond acceptors (Lipinski definition) is 18. The van der Waals surface area contributed by atoms with Gasteiger partial charge < -0.3 is 9.68 Å². The lowest BCUT2D eigenvalue weighted by molar-refractivity contribution is -0.432. The molecule has 2 atom stereocenters. The first-order chi connectivity index (χ1) is 15.8. The van der Waals surface area contributed by atoms with Gasteiger partial charge in [-0.25, -0.2) is 34.2 Å². The van der Waals surface area contributed by atoms with E-state index in [2.05, 4.69) is 28.8 Å². The van der Waals surface area contributed by atoms with Crippen LogP contribution in [0.5, 0.6) is 0 Å². The third-order valence-electron chi connectivity index (χ3n) is 3.54. The van der Waals surface area contributed by atoms with Crippen LogP contribution in [0.1, 0.15) is 12.8 Å². The highest BCUT2D eigenvalue weighted by atomic mass is 32.2. The Hall–Kier alpha value is -3.70. The molecule has 186 valence electrons. The molecule has 0 bridgehead atoms. The summed E-state index contributed by atoms with van der Waals surface area (Å²) in [6, 6.07) is 0. The quantitative estimate of drug-likeness (QED) is 0.0826. The topological polar surface area (TPSA) is 273 Å². The summed E-state index contributed by atoms with van der Waals surface area (Å²) in [6.07, 6.45) is -1.73. The van der Waals surface area contributed by atoms with Crippen molar-refractivity contribution >= 4 is 69.7 Å². The van der Waals surface area contributed by atoms with E-state index in [9.17, 15) is 46.8 Å². The maximum absolute atomic E-state index is 11.8. The van der Waals surface area contributed by atoms with E-state index in [4.69, 9.17) is 9.81 Å². The SMILES string of the molecule is O=C(OOC(=O)C(=O)ON1C(=O)CC(S(=O)(=O)O)C1=O)C(=O)ON1C(=O)CC(SOOO)C1=O.